The maximum absolute atomic E-state index is 7.17. The lowest BCUT2D eigenvalue weighted by Crippen LogP contribution is -2.36. The van der Waals surface area contributed by atoms with E-state index in [0.29, 0.717) is 0 Å². The molecule has 8 aromatic carbocycles. The van der Waals surface area contributed by atoms with Crippen molar-refractivity contribution in [1.29, 1.82) is 0 Å². The average Bonchev–Trinajstić information content (AvgIpc) is 3.66. The maximum atomic E-state index is 7.17. The summed E-state index contributed by atoms with van der Waals surface area (Å²) in [6.45, 7) is 0. The van der Waals surface area contributed by atoms with Crippen LogP contribution in [0.25, 0.3) is 43.8 Å². The molecule has 0 aliphatic carbocycles. The molecule has 0 saturated carbocycles. The van der Waals surface area contributed by atoms with E-state index < -0.39 is 6.17 Å². The van der Waals surface area contributed by atoms with Crippen LogP contribution in [0.5, 0.6) is 0 Å². The van der Waals surface area contributed by atoms with Gasteiger partial charge in [-0.05, 0) is 58.3 Å². The van der Waals surface area contributed by atoms with Crippen molar-refractivity contribution in [3.8, 4) is 11.1 Å². The van der Waals surface area contributed by atoms with Gasteiger partial charge in [0.1, 0.15) is 17.3 Å². The Morgan fingerprint density at radius 2 is 0.963 bits per heavy atom. The summed E-state index contributed by atoms with van der Waals surface area (Å²) >= 11 is 0. The number of nitrogens with zero attached hydrogens (tertiary/aromatic N) is 3. The minimum Gasteiger partial charge on any atom is -0.453 e. The number of furan rings is 1. The second-order valence-corrected chi connectivity index (χ2v) is 13.4. The van der Waals surface area contributed by atoms with Crippen LogP contribution in [0.3, 0.4) is 0 Å². The summed E-state index contributed by atoms with van der Waals surface area (Å²) in [5, 5.41) is 7.86. The highest BCUT2D eigenvalue weighted by atomic mass is 16.3. The molecule has 0 saturated heterocycles. The molecule has 0 fully saturated rings. The number of amidine groups is 2. The maximum Gasteiger partial charge on any atom is 0.173 e. The molecule has 10 rings (SSSR count). The van der Waals surface area contributed by atoms with Gasteiger partial charge in [0, 0.05) is 38.8 Å². The van der Waals surface area contributed by atoms with Crippen molar-refractivity contribution in [3.63, 3.8) is 0 Å². The first-order valence-corrected chi connectivity index (χ1v) is 18.2. The van der Waals surface area contributed by atoms with E-state index in [2.05, 4.69) is 156 Å². The zero-order chi connectivity index (χ0) is 35.8. The Hall–Kier alpha value is -7.24. The predicted molar refractivity (Wildman–Crippen MR) is 223 cm³/mol. The Balaban J connectivity index is 1.20. The standard InChI is InChI=1S/C49H34N4O/c1-5-16-33(17-6-1)34-28-30-39(31-29-34)53(38-23-11-4-12-24-38)43-27-15-26-41-44-40-25-14-13-22-37(40)32-42(46(44)54-45(41)43)49-51-47(35-18-7-2-8-19-35)50-48(52-49)36-20-9-3-10-21-36/h1-32,49H,(H,50,51,52). The van der Waals surface area contributed by atoms with Crippen LogP contribution < -0.4 is 10.2 Å². The number of fused-ring (bicyclic) bond motifs is 5. The monoisotopic (exact) mass is 694 g/mol. The molecule has 0 amide bonds. The highest BCUT2D eigenvalue weighted by Crippen LogP contribution is 2.46. The van der Waals surface area contributed by atoms with E-state index in [1.54, 1.807) is 0 Å². The van der Waals surface area contributed by atoms with Crippen LogP contribution in [-0.2, 0) is 0 Å². The van der Waals surface area contributed by atoms with Gasteiger partial charge in [-0.1, -0.05) is 158 Å². The van der Waals surface area contributed by atoms with E-state index in [0.717, 1.165) is 78.1 Å². The molecule has 0 unspecified atom stereocenters. The molecule has 5 nitrogen and oxygen atoms in total. The second kappa shape index (κ2) is 13.4. The van der Waals surface area contributed by atoms with Crippen LogP contribution in [0.4, 0.5) is 17.1 Å². The Labute approximate surface area is 313 Å². The Morgan fingerprint density at radius 1 is 0.444 bits per heavy atom. The number of anilines is 3. The highest BCUT2D eigenvalue weighted by molar-refractivity contribution is 6.22. The minimum absolute atomic E-state index is 0.552. The molecule has 0 atom stereocenters. The van der Waals surface area contributed by atoms with Gasteiger partial charge < -0.3 is 14.6 Å². The van der Waals surface area contributed by atoms with Crippen LogP contribution >= 0.6 is 0 Å². The molecule has 1 aliphatic heterocycles. The molecule has 1 aliphatic rings. The summed E-state index contributed by atoms with van der Waals surface area (Å²) in [5.41, 5.74) is 9.84. The molecule has 0 radical (unpaired) electrons. The molecule has 1 aromatic heterocycles. The van der Waals surface area contributed by atoms with Crippen molar-refractivity contribution in [2.75, 3.05) is 4.90 Å². The number of aliphatic imine (C=N–C) groups is 2. The molecule has 5 heteroatoms. The van der Waals surface area contributed by atoms with Crippen molar-refractivity contribution in [2.45, 2.75) is 6.17 Å². The third kappa shape index (κ3) is 5.60. The van der Waals surface area contributed by atoms with Crippen LogP contribution in [0.15, 0.2) is 209 Å². The van der Waals surface area contributed by atoms with Gasteiger partial charge in [-0.25, -0.2) is 9.98 Å². The summed E-state index contributed by atoms with van der Waals surface area (Å²) < 4.78 is 7.17. The largest absolute Gasteiger partial charge is 0.453 e. The number of para-hydroxylation sites is 2. The van der Waals surface area contributed by atoms with Crippen LogP contribution in [0.2, 0.25) is 0 Å². The van der Waals surface area contributed by atoms with Crippen LogP contribution in [0, 0.1) is 0 Å². The van der Waals surface area contributed by atoms with Crippen LogP contribution in [0.1, 0.15) is 22.9 Å². The van der Waals surface area contributed by atoms with Gasteiger partial charge in [0.2, 0.25) is 0 Å². The fraction of sp³-hybridized carbons (Fsp3) is 0.0204. The SMILES string of the molecule is c1ccc(C2=NC(c3cc4ccccc4c4c3oc3c(N(c5ccccc5)c5ccc(-c6ccccc6)cc5)cccc34)N=C(c3ccccc3)N2)cc1. The molecule has 54 heavy (non-hydrogen) atoms. The van der Waals surface area contributed by atoms with Crippen molar-refractivity contribution in [2.24, 2.45) is 9.98 Å². The summed E-state index contributed by atoms with van der Waals surface area (Å²) in [6, 6.07) is 67.3. The van der Waals surface area contributed by atoms with Gasteiger partial charge in [0.15, 0.2) is 11.7 Å². The molecule has 2 heterocycles. The number of benzene rings is 8. The van der Waals surface area contributed by atoms with E-state index in [1.807, 2.05) is 48.5 Å². The van der Waals surface area contributed by atoms with E-state index >= 15 is 0 Å². The lowest BCUT2D eigenvalue weighted by atomic mass is 9.98. The third-order valence-electron chi connectivity index (χ3n) is 10.1. The lowest BCUT2D eigenvalue weighted by Gasteiger charge is -2.25. The molecular formula is C49H34N4O. The third-order valence-corrected chi connectivity index (χ3v) is 10.1. The molecular weight excluding hydrogens is 661 g/mol. The molecule has 256 valence electrons. The summed E-state index contributed by atoms with van der Waals surface area (Å²) in [4.78, 5) is 12.8. The van der Waals surface area contributed by atoms with Gasteiger partial charge in [-0.3, -0.25) is 0 Å². The lowest BCUT2D eigenvalue weighted by molar-refractivity contribution is 0.649. The van der Waals surface area contributed by atoms with Crippen molar-refractivity contribution < 1.29 is 4.42 Å². The van der Waals surface area contributed by atoms with Crippen molar-refractivity contribution in [3.05, 3.63) is 211 Å². The fourth-order valence-corrected chi connectivity index (χ4v) is 7.54. The van der Waals surface area contributed by atoms with Crippen molar-refractivity contribution in [1.82, 2.24) is 5.32 Å². The van der Waals surface area contributed by atoms with E-state index in [4.69, 9.17) is 14.4 Å². The Morgan fingerprint density at radius 3 is 1.61 bits per heavy atom. The smallest absolute Gasteiger partial charge is 0.173 e. The van der Waals surface area contributed by atoms with Gasteiger partial charge in [-0.15, -0.1) is 0 Å². The topological polar surface area (TPSA) is 53.1 Å². The molecule has 1 N–H and O–H groups in total. The summed E-state index contributed by atoms with van der Waals surface area (Å²) in [6.07, 6.45) is -0.552. The van der Waals surface area contributed by atoms with Gasteiger partial charge in [-0.2, -0.15) is 0 Å². The zero-order valence-corrected chi connectivity index (χ0v) is 29.3. The fourth-order valence-electron chi connectivity index (χ4n) is 7.54. The van der Waals surface area contributed by atoms with E-state index in [1.165, 1.54) is 11.1 Å². The summed E-state index contributed by atoms with van der Waals surface area (Å²) in [5.74, 6) is 1.53. The molecule has 0 spiro atoms. The van der Waals surface area contributed by atoms with E-state index in [-0.39, 0.29) is 0 Å². The first kappa shape index (κ1) is 31.5. The predicted octanol–water partition coefficient (Wildman–Crippen LogP) is 12.4. The Kier molecular flexibility index (Phi) is 7.81. The number of nitrogens with one attached hydrogen (secondary N) is 1. The first-order valence-electron chi connectivity index (χ1n) is 18.2. The number of rotatable bonds is 7. The summed E-state index contributed by atoms with van der Waals surface area (Å²) in [7, 11) is 0. The van der Waals surface area contributed by atoms with Gasteiger partial charge in [0.05, 0.1) is 5.69 Å². The zero-order valence-electron chi connectivity index (χ0n) is 29.3. The first-order chi connectivity index (χ1) is 26.8. The number of hydrogen-bond donors (Lipinski definition) is 1. The van der Waals surface area contributed by atoms with Crippen LogP contribution in [-0.4, -0.2) is 11.7 Å². The minimum atomic E-state index is -0.552. The number of hydrogen-bond acceptors (Lipinski definition) is 5. The highest BCUT2D eigenvalue weighted by Gasteiger charge is 2.27. The Bertz CT molecular complexity index is 2770. The van der Waals surface area contributed by atoms with Crippen molar-refractivity contribution >= 4 is 61.4 Å². The average molecular weight is 695 g/mol. The van der Waals surface area contributed by atoms with E-state index in [9.17, 15) is 0 Å². The van der Waals surface area contributed by atoms with Gasteiger partial charge in [0.25, 0.3) is 0 Å². The van der Waals surface area contributed by atoms with Gasteiger partial charge >= 0.3 is 0 Å². The quantitative estimate of drug-likeness (QED) is 0.181. The molecule has 9 aromatic rings. The normalized spacial score (nSPS) is 13.1. The second-order valence-electron chi connectivity index (χ2n) is 13.4. The molecule has 0 bridgehead atoms.